The van der Waals surface area contributed by atoms with Crippen LogP contribution in [0.25, 0.3) is 5.52 Å². The number of hydrogen-bond donors (Lipinski definition) is 0. The second-order valence-corrected chi connectivity index (χ2v) is 8.38. The van der Waals surface area contributed by atoms with Crippen molar-refractivity contribution in [2.75, 3.05) is 11.9 Å². The van der Waals surface area contributed by atoms with Crippen molar-refractivity contribution in [1.82, 2.24) is 4.40 Å². The van der Waals surface area contributed by atoms with Gasteiger partial charge in [0.05, 0.1) is 17.0 Å². The van der Waals surface area contributed by atoms with Crippen LogP contribution in [0.4, 0.5) is 0 Å². The Balaban J connectivity index is 1.99. The summed E-state index contributed by atoms with van der Waals surface area (Å²) in [5.74, 6) is 0.678. The number of aryl methyl sites for hydroxylation is 1. The van der Waals surface area contributed by atoms with E-state index in [1.807, 2.05) is 41.9 Å². The first-order valence-electron chi connectivity index (χ1n) is 8.20. The number of fused-ring (bicyclic) bond motifs is 1. The average molecular weight is 422 g/mol. The molecule has 0 radical (unpaired) electrons. The maximum Gasteiger partial charge on any atom is 0.208 e. The molecule has 0 atom stereocenters. The zero-order chi connectivity index (χ0) is 17.9. The third-order valence-electron chi connectivity index (χ3n) is 4.04. The molecule has 0 aliphatic heterocycles. The molecule has 0 amide bonds. The van der Waals surface area contributed by atoms with E-state index in [-0.39, 0.29) is 4.90 Å². The molecule has 6 heteroatoms. The van der Waals surface area contributed by atoms with Gasteiger partial charge < -0.3 is 9.14 Å². The van der Waals surface area contributed by atoms with Crippen molar-refractivity contribution >= 4 is 31.3 Å². The van der Waals surface area contributed by atoms with E-state index in [1.165, 1.54) is 0 Å². The number of pyridine rings is 1. The molecule has 132 valence electrons. The number of rotatable bonds is 7. The standard InChI is InChI=1S/C19H20BrNO3S/c1-2-15-14-21-12-4-3-6-18(21)19(15)25(22,23)17-9-7-16(8-10-17)24-13-5-11-20/h3-4,6-10,12,14H,2,5,11,13H2,1H3. The summed E-state index contributed by atoms with van der Waals surface area (Å²) < 4.78 is 33.9. The Morgan fingerprint density at radius 1 is 1.12 bits per heavy atom. The van der Waals surface area contributed by atoms with Crippen LogP contribution in [0.1, 0.15) is 18.9 Å². The summed E-state index contributed by atoms with van der Waals surface area (Å²) >= 11 is 3.35. The van der Waals surface area contributed by atoms with E-state index in [4.69, 9.17) is 4.74 Å². The quantitative estimate of drug-likeness (QED) is 0.416. The summed E-state index contributed by atoms with van der Waals surface area (Å²) in [5.41, 5.74) is 1.53. The van der Waals surface area contributed by atoms with Gasteiger partial charge in [-0.2, -0.15) is 0 Å². The van der Waals surface area contributed by atoms with E-state index >= 15 is 0 Å². The molecule has 0 saturated carbocycles. The highest BCUT2D eigenvalue weighted by atomic mass is 79.9. The highest BCUT2D eigenvalue weighted by Gasteiger charge is 2.25. The molecule has 2 heterocycles. The normalized spacial score (nSPS) is 11.8. The molecule has 0 spiro atoms. The Hall–Kier alpha value is -1.79. The Kier molecular flexibility index (Phi) is 5.49. The minimum absolute atomic E-state index is 0.284. The number of ether oxygens (including phenoxy) is 1. The zero-order valence-corrected chi connectivity index (χ0v) is 16.4. The van der Waals surface area contributed by atoms with Crippen molar-refractivity contribution in [3.05, 3.63) is 60.4 Å². The lowest BCUT2D eigenvalue weighted by Gasteiger charge is -2.08. The molecule has 25 heavy (non-hydrogen) atoms. The summed E-state index contributed by atoms with van der Waals surface area (Å²) in [5, 5.41) is 0.876. The molecule has 0 unspecified atom stereocenters. The molecule has 0 fully saturated rings. The molecule has 0 aliphatic rings. The molecule has 0 aliphatic carbocycles. The molecule has 0 saturated heterocycles. The largest absolute Gasteiger partial charge is 0.494 e. The number of benzene rings is 1. The Morgan fingerprint density at radius 2 is 1.88 bits per heavy atom. The van der Waals surface area contributed by atoms with Gasteiger partial charge in [0.15, 0.2) is 0 Å². The molecule has 1 aromatic carbocycles. The average Bonchev–Trinajstić information content (AvgIpc) is 3.02. The minimum Gasteiger partial charge on any atom is -0.494 e. The first-order valence-corrected chi connectivity index (χ1v) is 10.8. The lowest BCUT2D eigenvalue weighted by Crippen LogP contribution is -2.04. The molecule has 0 bridgehead atoms. The van der Waals surface area contributed by atoms with E-state index in [1.54, 1.807) is 24.3 Å². The predicted octanol–water partition coefficient (Wildman–Crippen LogP) is 4.50. The molecule has 3 rings (SSSR count). The van der Waals surface area contributed by atoms with Crippen LogP contribution >= 0.6 is 15.9 Å². The van der Waals surface area contributed by atoms with Crippen molar-refractivity contribution in [3.63, 3.8) is 0 Å². The summed E-state index contributed by atoms with van der Waals surface area (Å²) in [4.78, 5) is 0.676. The zero-order valence-electron chi connectivity index (χ0n) is 14.0. The molecule has 4 nitrogen and oxygen atoms in total. The Morgan fingerprint density at radius 3 is 2.56 bits per heavy atom. The second-order valence-electron chi connectivity index (χ2n) is 5.70. The van der Waals surface area contributed by atoms with Crippen LogP contribution in [-0.2, 0) is 16.3 Å². The van der Waals surface area contributed by atoms with Crippen LogP contribution in [-0.4, -0.2) is 24.8 Å². The summed E-state index contributed by atoms with van der Waals surface area (Å²) in [6.45, 7) is 2.57. The smallest absolute Gasteiger partial charge is 0.208 e. The van der Waals surface area contributed by atoms with E-state index < -0.39 is 9.84 Å². The van der Waals surface area contributed by atoms with Crippen molar-refractivity contribution in [3.8, 4) is 5.75 Å². The van der Waals surface area contributed by atoms with Gasteiger partial charge in [0, 0.05) is 17.7 Å². The Labute approximate surface area is 156 Å². The van der Waals surface area contributed by atoms with Crippen LogP contribution in [0.5, 0.6) is 5.75 Å². The minimum atomic E-state index is -3.59. The number of nitrogens with zero attached hydrogens (tertiary/aromatic N) is 1. The fourth-order valence-corrected chi connectivity index (χ4v) is 4.74. The third kappa shape index (κ3) is 3.60. The van der Waals surface area contributed by atoms with Gasteiger partial charge in [0.2, 0.25) is 9.84 Å². The van der Waals surface area contributed by atoms with Gasteiger partial charge in [-0.3, -0.25) is 0 Å². The highest BCUT2D eigenvalue weighted by molar-refractivity contribution is 9.09. The molecule has 0 N–H and O–H groups in total. The topological polar surface area (TPSA) is 47.8 Å². The number of sulfone groups is 1. The number of aromatic nitrogens is 1. The molecular weight excluding hydrogens is 402 g/mol. The van der Waals surface area contributed by atoms with E-state index in [0.29, 0.717) is 29.2 Å². The van der Waals surface area contributed by atoms with Gasteiger partial charge in [-0.1, -0.05) is 28.9 Å². The highest BCUT2D eigenvalue weighted by Crippen LogP contribution is 2.31. The summed E-state index contributed by atoms with van der Waals surface area (Å²) in [6.07, 6.45) is 5.31. The Bertz CT molecular complexity index is 962. The van der Waals surface area contributed by atoms with Crippen molar-refractivity contribution in [2.24, 2.45) is 0 Å². The van der Waals surface area contributed by atoms with Crippen LogP contribution in [0.15, 0.2) is 64.6 Å². The van der Waals surface area contributed by atoms with Crippen LogP contribution in [0.2, 0.25) is 0 Å². The SMILES string of the molecule is CCc1cn2ccccc2c1S(=O)(=O)c1ccc(OCCCBr)cc1. The molecule has 3 aromatic rings. The predicted molar refractivity (Wildman–Crippen MR) is 103 cm³/mol. The maximum absolute atomic E-state index is 13.2. The van der Waals surface area contributed by atoms with Crippen molar-refractivity contribution in [2.45, 2.75) is 29.6 Å². The lowest BCUT2D eigenvalue weighted by molar-refractivity contribution is 0.319. The van der Waals surface area contributed by atoms with Crippen LogP contribution in [0, 0.1) is 0 Å². The van der Waals surface area contributed by atoms with Gasteiger partial charge in [0.25, 0.3) is 0 Å². The van der Waals surface area contributed by atoms with Crippen LogP contribution in [0.3, 0.4) is 0 Å². The lowest BCUT2D eigenvalue weighted by atomic mass is 10.2. The fraction of sp³-hybridized carbons (Fsp3) is 0.263. The van der Waals surface area contributed by atoms with Gasteiger partial charge in [-0.25, -0.2) is 8.42 Å². The third-order valence-corrected chi connectivity index (χ3v) is 6.50. The summed E-state index contributed by atoms with van der Waals surface area (Å²) in [6, 6.07) is 12.2. The first kappa shape index (κ1) is 18.0. The van der Waals surface area contributed by atoms with E-state index in [0.717, 1.165) is 17.3 Å². The summed E-state index contributed by atoms with van der Waals surface area (Å²) in [7, 11) is -3.59. The maximum atomic E-state index is 13.2. The van der Waals surface area contributed by atoms with Gasteiger partial charge in [-0.15, -0.1) is 0 Å². The number of alkyl halides is 1. The first-order chi connectivity index (χ1) is 12.1. The fourth-order valence-electron chi connectivity index (χ4n) is 2.79. The molecule has 2 aromatic heterocycles. The van der Waals surface area contributed by atoms with Gasteiger partial charge in [-0.05, 0) is 54.8 Å². The molecular formula is C19H20BrNO3S. The van der Waals surface area contributed by atoms with Crippen LogP contribution < -0.4 is 4.74 Å². The number of halogens is 1. The number of hydrogen-bond acceptors (Lipinski definition) is 3. The van der Waals surface area contributed by atoms with E-state index in [9.17, 15) is 8.42 Å². The van der Waals surface area contributed by atoms with Crippen molar-refractivity contribution < 1.29 is 13.2 Å². The second kappa shape index (κ2) is 7.62. The van der Waals surface area contributed by atoms with Gasteiger partial charge >= 0.3 is 0 Å². The van der Waals surface area contributed by atoms with Gasteiger partial charge in [0.1, 0.15) is 10.6 Å². The van der Waals surface area contributed by atoms with E-state index in [2.05, 4.69) is 15.9 Å². The van der Waals surface area contributed by atoms with Crippen molar-refractivity contribution in [1.29, 1.82) is 0 Å². The monoisotopic (exact) mass is 421 g/mol.